The zero-order chi connectivity index (χ0) is 13.5. The Morgan fingerprint density at radius 1 is 1.32 bits per heavy atom. The maximum Gasteiger partial charge on any atom is 0.316 e. The van der Waals surface area contributed by atoms with Crippen LogP contribution in [-0.2, 0) is 9.53 Å². The van der Waals surface area contributed by atoms with Gasteiger partial charge in [-0.05, 0) is 24.6 Å². The van der Waals surface area contributed by atoms with Gasteiger partial charge in [-0.1, -0.05) is 13.3 Å². The Morgan fingerprint density at radius 3 is 2.89 bits per heavy atom. The van der Waals surface area contributed by atoms with Crippen molar-refractivity contribution in [3.8, 4) is 11.5 Å². The van der Waals surface area contributed by atoms with Crippen molar-refractivity contribution in [3.63, 3.8) is 0 Å². The third-order valence-electron chi connectivity index (χ3n) is 2.63. The van der Waals surface area contributed by atoms with Gasteiger partial charge in [0.15, 0.2) is 11.5 Å². The number of hydrogen-bond donors (Lipinski definition) is 0. The Bertz CT molecular complexity index is 433. The van der Waals surface area contributed by atoms with Crippen molar-refractivity contribution in [3.05, 3.63) is 18.2 Å². The summed E-state index contributed by atoms with van der Waals surface area (Å²) in [5.41, 5.74) is 0. The normalized spacial score (nSPS) is 13.1. The zero-order valence-corrected chi connectivity index (χ0v) is 11.8. The maximum atomic E-state index is 11.5. The molecule has 0 N–H and O–H groups in total. The van der Waals surface area contributed by atoms with Gasteiger partial charge in [0, 0.05) is 4.90 Å². The molecule has 1 aliphatic rings. The summed E-state index contributed by atoms with van der Waals surface area (Å²) in [4.78, 5) is 12.5. The van der Waals surface area contributed by atoms with Gasteiger partial charge in [-0.2, -0.15) is 0 Å². The average molecular weight is 282 g/mol. The Labute approximate surface area is 117 Å². The molecule has 0 spiro atoms. The van der Waals surface area contributed by atoms with Crippen LogP contribution < -0.4 is 9.47 Å². The van der Waals surface area contributed by atoms with Gasteiger partial charge in [0.25, 0.3) is 0 Å². The van der Waals surface area contributed by atoms with Gasteiger partial charge >= 0.3 is 5.97 Å². The highest BCUT2D eigenvalue weighted by molar-refractivity contribution is 8.00. The fraction of sp³-hybridized carbons (Fsp3) is 0.500. The van der Waals surface area contributed by atoms with E-state index in [1.54, 1.807) is 0 Å². The van der Waals surface area contributed by atoms with Gasteiger partial charge in [-0.25, -0.2) is 0 Å². The monoisotopic (exact) mass is 282 g/mol. The predicted octanol–water partition coefficient (Wildman–Crippen LogP) is 2.89. The molecule has 0 radical (unpaired) electrons. The van der Waals surface area contributed by atoms with Crippen molar-refractivity contribution in [2.75, 3.05) is 25.6 Å². The minimum absolute atomic E-state index is 0.173. The molecular formula is C14H18O4S. The molecule has 4 nitrogen and oxygen atoms in total. The second-order valence-electron chi connectivity index (χ2n) is 4.17. The first-order valence-electron chi connectivity index (χ1n) is 6.47. The van der Waals surface area contributed by atoms with E-state index in [1.807, 2.05) is 18.2 Å². The first-order valence-corrected chi connectivity index (χ1v) is 7.46. The lowest BCUT2D eigenvalue weighted by Crippen LogP contribution is -2.15. The third kappa shape index (κ3) is 4.35. The van der Waals surface area contributed by atoms with Gasteiger partial charge < -0.3 is 14.2 Å². The van der Waals surface area contributed by atoms with E-state index in [1.165, 1.54) is 11.8 Å². The highest BCUT2D eigenvalue weighted by atomic mass is 32.2. The van der Waals surface area contributed by atoms with Gasteiger partial charge in [0.1, 0.15) is 13.2 Å². The Balaban J connectivity index is 1.81. The quantitative estimate of drug-likeness (QED) is 0.456. The summed E-state index contributed by atoms with van der Waals surface area (Å²) in [6, 6.07) is 5.70. The van der Waals surface area contributed by atoms with Crippen molar-refractivity contribution < 1.29 is 19.0 Å². The lowest BCUT2D eigenvalue weighted by molar-refractivity contribution is -0.140. The lowest BCUT2D eigenvalue weighted by Gasteiger charge is -2.18. The fourth-order valence-electron chi connectivity index (χ4n) is 1.63. The molecule has 2 rings (SSSR count). The number of ether oxygens (including phenoxy) is 3. The van der Waals surface area contributed by atoms with Crippen LogP contribution in [0, 0.1) is 0 Å². The third-order valence-corrected chi connectivity index (χ3v) is 3.60. The van der Waals surface area contributed by atoms with E-state index in [9.17, 15) is 4.79 Å². The molecule has 0 saturated carbocycles. The molecule has 5 heteroatoms. The molecule has 0 atom stereocenters. The Kier molecular flexibility index (Phi) is 5.39. The average Bonchev–Trinajstić information content (AvgIpc) is 2.45. The summed E-state index contributed by atoms with van der Waals surface area (Å²) < 4.78 is 16.0. The Morgan fingerprint density at radius 2 is 2.11 bits per heavy atom. The minimum atomic E-state index is -0.173. The molecule has 0 saturated heterocycles. The highest BCUT2D eigenvalue weighted by Gasteiger charge is 2.12. The molecule has 0 aliphatic carbocycles. The molecule has 1 aromatic carbocycles. The van der Waals surface area contributed by atoms with Crippen LogP contribution in [0.4, 0.5) is 0 Å². The molecule has 0 amide bonds. The number of esters is 1. The SMILES string of the molecule is CCCCOC(=O)CSc1ccc2c(c1)OCCO2. The maximum absolute atomic E-state index is 11.5. The van der Waals surface area contributed by atoms with E-state index in [-0.39, 0.29) is 5.97 Å². The molecular weight excluding hydrogens is 264 g/mol. The highest BCUT2D eigenvalue weighted by Crippen LogP contribution is 2.34. The van der Waals surface area contributed by atoms with E-state index in [0.29, 0.717) is 25.6 Å². The van der Waals surface area contributed by atoms with Crippen LogP contribution in [0.5, 0.6) is 11.5 Å². The molecule has 1 heterocycles. The minimum Gasteiger partial charge on any atom is -0.486 e. The van der Waals surface area contributed by atoms with E-state index in [2.05, 4.69) is 6.92 Å². The van der Waals surface area contributed by atoms with Crippen LogP contribution in [0.15, 0.2) is 23.1 Å². The van der Waals surface area contributed by atoms with Crippen LogP contribution in [-0.4, -0.2) is 31.5 Å². The second kappa shape index (κ2) is 7.28. The molecule has 1 aliphatic heterocycles. The number of benzene rings is 1. The fourth-order valence-corrected chi connectivity index (χ4v) is 2.35. The smallest absolute Gasteiger partial charge is 0.316 e. The van der Waals surface area contributed by atoms with E-state index in [4.69, 9.17) is 14.2 Å². The van der Waals surface area contributed by atoms with Gasteiger partial charge in [-0.15, -0.1) is 11.8 Å². The van der Waals surface area contributed by atoms with Crippen LogP contribution in [0.2, 0.25) is 0 Å². The van der Waals surface area contributed by atoms with E-state index in [0.717, 1.165) is 29.2 Å². The van der Waals surface area contributed by atoms with Crippen LogP contribution >= 0.6 is 11.8 Å². The summed E-state index contributed by atoms with van der Waals surface area (Å²) in [5.74, 6) is 1.66. The van der Waals surface area contributed by atoms with Crippen molar-refractivity contribution in [2.24, 2.45) is 0 Å². The van der Waals surface area contributed by atoms with Gasteiger partial charge in [0.05, 0.1) is 12.4 Å². The van der Waals surface area contributed by atoms with E-state index < -0.39 is 0 Å². The number of hydrogen-bond acceptors (Lipinski definition) is 5. The number of carbonyl (C=O) groups excluding carboxylic acids is 1. The van der Waals surface area contributed by atoms with Crippen molar-refractivity contribution in [1.29, 1.82) is 0 Å². The molecule has 104 valence electrons. The molecule has 0 fully saturated rings. The number of carbonyl (C=O) groups is 1. The summed E-state index contributed by atoms with van der Waals surface area (Å²) in [6.45, 7) is 3.73. The molecule has 0 aromatic heterocycles. The number of unbranched alkanes of at least 4 members (excludes halogenated alkanes) is 1. The van der Waals surface area contributed by atoms with Gasteiger partial charge in [0.2, 0.25) is 0 Å². The van der Waals surface area contributed by atoms with Crippen LogP contribution in [0.25, 0.3) is 0 Å². The van der Waals surface area contributed by atoms with Crippen molar-refractivity contribution in [2.45, 2.75) is 24.7 Å². The van der Waals surface area contributed by atoms with E-state index >= 15 is 0 Å². The summed E-state index contributed by atoms with van der Waals surface area (Å²) in [7, 11) is 0. The van der Waals surface area contributed by atoms with Crippen LogP contribution in [0.1, 0.15) is 19.8 Å². The topological polar surface area (TPSA) is 44.8 Å². The second-order valence-corrected chi connectivity index (χ2v) is 5.22. The first-order chi connectivity index (χ1) is 9.29. The molecule has 1 aromatic rings. The standard InChI is InChI=1S/C14H18O4S/c1-2-3-6-18-14(15)10-19-11-4-5-12-13(9-11)17-8-7-16-12/h4-5,9H,2-3,6-8,10H2,1H3. The lowest BCUT2D eigenvalue weighted by atomic mass is 10.3. The largest absolute Gasteiger partial charge is 0.486 e. The van der Waals surface area contributed by atoms with Crippen molar-refractivity contribution >= 4 is 17.7 Å². The Hall–Kier alpha value is -1.36. The molecule has 19 heavy (non-hydrogen) atoms. The molecule has 0 unspecified atom stereocenters. The van der Waals surface area contributed by atoms with Gasteiger partial charge in [-0.3, -0.25) is 4.79 Å². The number of thioether (sulfide) groups is 1. The van der Waals surface area contributed by atoms with Crippen LogP contribution in [0.3, 0.4) is 0 Å². The summed E-state index contributed by atoms with van der Waals surface area (Å²) in [6.07, 6.45) is 1.95. The number of rotatable bonds is 6. The van der Waals surface area contributed by atoms with Crippen molar-refractivity contribution in [1.82, 2.24) is 0 Å². The number of fused-ring (bicyclic) bond motifs is 1. The molecule has 0 bridgehead atoms. The summed E-state index contributed by atoms with van der Waals surface area (Å²) >= 11 is 1.45. The predicted molar refractivity (Wildman–Crippen MR) is 74.0 cm³/mol. The zero-order valence-electron chi connectivity index (χ0n) is 11.0. The summed E-state index contributed by atoms with van der Waals surface area (Å²) in [5, 5.41) is 0. The first kappa shape index (κ1) is 14.1.